The number of hydrogen-bond donors (Lipinski definition) is 1. The molecule has 1 aromatic rings. The molecule has 1 aliphatic carbocycles. The Kier molecular flexibility index (Phi) is 3.89. The number of nitrogens with one attached hydrogen (secondary N) is 1. The summed E-state index contributed by atoms with van der Waals surface area (Å²) in [5, 5.41) is 3.28. The van der Waals surface area contributed by atoms with Crippen LogP contribution in [0.25, 0.3) is 0 Å². The van der Waals surface area contributed by atoms with Crippen LogP contribution in [0.4, 0.5) is 14.5 Å². The number of hydrogen-bond acceptors (Lipinski definition) is 3. The first kappa shape index (κ1) is 13.8. The van der Waals surface area contributed by atoms with Gasteiger partial charge in [-0.05, 0) is 37.6 Å². The molecule has 0 spiro atoms. The van der Waals surface area contributed by atoms with Gasteiger partial charge >= 0.3 is 0 Å². The number of anilines is 1. The largest absolute Gasteiger partial charge is 0.364 e. The zero-order chi connectivity index (χ0) is 14.1. The molecule has 1 heterocycles. The predicted molar refractivity (Wildman–Crippen MR) is 75.9 cm³/mol. The van der Waals surface area contributed by atoms with Crippen molar-refractivity contribution < 1.29 is 8.78 Å². The van der Waals surface area contributed by atoms with Gasteiger partial charge in [0.05, 0.1) is 0 Å². The van der Waals surface area contributed by atoms with Gasteiger partial charge in [0.25, 0.3) is 0 Å². The minimum Gasteiger partial charge on any atom is -0.364 e. The highest BCUT2D eigenvalue weighted by Crippen LogP contribution is 2.26. The Bertz CT molecular complexity index is 457. The summed E-state index contributed by atoms with van der Waals surface area (Å²) >= 11 is 0. The highest BCUT2D eigenvalue weighted by molar-refractivity contribution is 5.51. The second-order valence-corrected chi connectivity index (χ2v) is 5.85. The van der Waals surface area contributed by atoms with Crippen LogP contribution in [0.3, 0.4) is 0 Å². The quantitative estimate of drug-likeness (QED) is 0.910. The van der Waals surface area contributed by atoms with E-state index >= 15 is 0 Å². The van der Waals surface area contributed by atoms with Crippen molar-refractivity contribution in [3.8, 4) is 0 Å². The molecule has 110 valence electrons. The van der Waals surface area contributed by atoms with E-state index in [1.54, 1.807) is 0 Å². The molecule has 5 heteroatoms. The molecule has 20 heavy (non-hydrogen) atoms. The molecule has 1 saturated carbocycles. The maximum atomic E-state index is 14.2. The first-order chi connectivity index (χ1) is 9.63. The van der Waals surface area contributed by atoms with Crippen molar-refractivity contribution in [3.63, 3.8) is 0 Å². The molecule has 0 unspecified atom stereocenters. The first-order valence-corrected chi connectivity index (χ1v) is 7.28. The van der Waals surface area contributed by atoms with Crippen molar-refractivity contribution in [2.45, 2.75) is 25.4 Å². The van der Waals surface area contributed by atoms with Gasteiger partial charge in [0.2, 0.25) is 0 Å². The fourth-order valence-corrected chi connectivity index (χ4v) is 2.60. The number of rotatable bonds is 4. The zero-order valence-corrected chi connectivity index (χ0v) is 11.8. The van der Waals surface area contributed by atoms with E-state index < -0.39 is 11.6 Å². The maximum absolute atomic E-state index is 14.2. The standard InChI is InChI=1S/C15H21F2N3/c1-19-4-6-20(7-5-19)15-13(16)8-11(9-14(15)17)10-18-12-2-3-12/h8-9,12,18H,2-7,10H2,1H3. The van der Waals surface area contributed by atoms with Gasteiger partial charge < -0.3 is 15.1 Å². The van der Waals surface area contributed by atoms with Crippen molar-refractivity contribution >= 4 is 5.69 Å². The number of halogens is 2. The third-order valence-electron chi connectivity index (χ3n) is 4.07. The van der Waals surface area contributed by atoms with E-state index in [0.717, 1.165) is 13.1 Å². The zero-order valence-electron chi connectivity index (χ0n) is 11.8. The van der Waals surface area contributed by atoms with Gasteiger partial charge in [-0.2, -0.15) is 0 Å². The van der Waals surface area contributed by atoms with E-state index in [1.165, 1.54) is 25.0 Å². The van der Waals surface area contributed by atoms with Crippen LogP contribution in [-0.4, -0.2) is 44.2 Å². The van der Waals surface area contributed by atoms with Crippen molar-refractivity contribution in [3.05, 3.63) is 29.3 Å². The van der Waals surface area contributed by atoms with Crippen LogP contribution in [-0.2, 0) is 6.54 Å². The summed E-state index contributed by atoms with van der Waals surface area (Å²) in [4.78, 5) is 3.98. The normalized spacial score (nSPS) is 20.4. The molecule has 3 rings (SSSR count). The molecule has 1 aliphatic heterocycles. The summed E-state index contributed by atoms with van der Waals surface area (Å²) in [6.45, 7) is 3.56. The van der Waals surface area contributed by atoms with Crippen LogP contribution < -0.4 is 10.2 Å². The summed E-state index contributed by atoms with van der Waals surface area (Å²) in [5.74, 6) is -0.885. The fourth-order valence-electron chi connectivity index (χ4n) is 2.60. The van der Waals surface area contributed by atoms with Gasteiger partial charge in [0, 0.05) is 38.8 Å². The summed E-state index contributed by atoms with van der Waals surface area (Å²) in [6, 6.07) is 3.47. The van der Waals surface area contributed by atoms with Crippen molar-refractivity contribution in [1.29, 1.82) is 0 Å². The second kappa shape index (κ2) is 5.66. The summed E-state index contributed by atoms with van der Waals surface area (Å²) in [5.41, 5.74) is 0.818. The van der Waals surface area contributed by atoms with Crippen LogP contribution in [0.5, 0.6) is 0 Å². The Balaban J connectivity index is 1.73. The lowest BCUT2D eigenvalue weighted by molar-refractivity contribution is 0.310. The minimum absolute atomic E-state index is 0.133. The minimum atomic E-state index is -0.442. The summed E-state index contributed by atoms with van der Waals surface area (Å²) in [7, 11) is 2.02. The van der Waals surface area contributed by atoms with Crippen LogP contribution in [0.2, 0.25) is 0 Å². The summed E-state index contributed by atoms with van der Waals surface area (Å²) < 4.78 is 28.4. The fraction of sp³-hybridized carbons (Fsp3) is 0.600. The number of likely N-dealkylation sites (N-methyl/N-ethyl adjacent to an activating group) is 1. The van der Waals surface area contributed by atoms with Gasteiger partial charge in [-0.3, -0.25) is 0 Å². The first-order valence-electron chi connectivity index (χ1n) is 7.28. The molecule has 0 radical (unpaired) electrons. The molecule has 0 amide bonds. The van der Waals surface area contributed by atoms with Crippen molar-refractivity contribution in [2.75, 3.05) is 38.1 Å². The molecular weight excluding hydrogens is 260 g/mol. The lowest BCUT2D eigenvalue weighted by atomic mass is 10.1. The molecule has 0 atom stereocenters. The van der Waals surface area contributed by atoms with E-state index in [0.29, 0.717) is 31.2 Å². The van der Waals surface area contributed by atoms with Crippen LogP contribution >= 0.6 is 0 Å². The Morgan fingerprint density at radius 2 is 1.70 bits per heavy atom. The number of benzene rings is 1. The van der Waals surface area contributed by atoms with Crippen LogP contribution in [0.15, 0.2) is 12.1 Å². The van der Waals surface area contributed by atoms with E-state index in [1.807, 2.05) is 11.9 Å². The average molecular weight is 281 g/mol. The lowest BCUT2D eigenvalue weighted by Gasteiger charge is -2.34. The van der Waals surface area contributed by atoms with Gasteiger partial charge in [-0.25, -0.2) is 8.78 Å². The molecular formula is C15H21F2N3. The monoisotopic (exact) mass is 281 g/mol. The molecule has 0 aromatic heterocycles. The average Bonchev–Trinajstić information content (AvgIpc) is 3.22. The molecule has 1 aromatic carbocycles. The van der Waals surface area contributed by atoms with E-state index in [-0.39, 0.29) is 5.69 Å². The molecule has 2 fully saturated rings. The van der Waals surface area contributed by atoms with E-state index in [9.17, 15) is 8.78 Å². The Labute approximate surface area is 118 Å². The van der Waals surface area contributed by atoms with Crippen molar-refractivity contribution in [2.24, 2.45) is 0 Å². The SMILES string of the molecule is CN1CCN(c2c(F)cc(CNC3CC3)cc2F)CC1. The third kappa shape index (κ3) is 3.10. The van der Waals surface area contributed by atoms with Gasteiger partial charge in [0.15, 0.2) is 0 Å². The van der Waals surface area contributed by atoms with Gasteiger partial charge in [-0.15, -0.1) is 0 Å². The molecule has 3 nitrogen and oxygen atoms in total. The van der Waals surface area contributed by atoms with Crippen LogP contribution in [0.1, 0.15) is 18.4 Å². The number of nitrogens with zero attached hydrogens (tertiary/aromatic N) is 2. The highest BCUT2D eigenvalue weighted by Gasteiger charge is 2.23. The van der Waals surface area contributed by atoms with Crippen LogP contribution in [0, 0.1) is 11.6 Å². The topological polar surface area (TPSA) is 18.5 Å². The molecule has 0 bridgehead atoms. The summed E-state index contributed by atoms with van der Waals surface area (Å²) in [6.07, 6.45) is 2.34. The second-order valence-electron chi connectivity index (χ2n) is 5.85. The Hall–Kier alpha value is -1.20. The Morgan fingerprint density at radius 1 is 1.10 bits per heavy atom. The van der Waals surface area contributed by atoms with E-state index in [2.05, 4.69) is 10.2 Å². The molecule has 2 aliphatic rings. The molecule has 1 saturated heterocycles. The van der Waals surface area contributed by atoms with Gasteiger partial charge in [0.1, 0.15) is 17.3 Å². The molecule has 1 N–H and O–H groups in total. The lowest BCUT2D eigenvalue weighted by Crippen LogP contribution is -2.45. The highest BCUT2D eigenvalue weighted by atomic mass is 19.1. The Morgan fingerprint density at radius 3 is 2.25 bits per heavy atom. The smallest absolute Gasteiger partial charge is 0.149 e. The number of piperazine rings is 1. The van der Waals surface area contributed by atoms with Crippen molar-refractivity contribution in [1.82, 2.24) is 10.2 Å². The maximum Gasteiger partial charge on any atom is 0.149 e. The predicted octanol–water partition coefficient (Wildman–Crippen LogP) is 1.97. The third-order valence-corrected chi connectivity index (χ3v) is 4.07. The van der Waals surface area contributed by atoms with Gasteiger partial charge in [-0.1, -0.05) is 0 Å². The van der Waals surface area contributed by atoms with E-state index in [4.69, 9.17) is 0 Å².